The number of halogens is 4. The first kappa shape index (κ1) is 70.4. The van der Waals surface area contributed by atoms with Gasteiger partial charge in [0.05, 0.1) is 46.6 Å². The van der Waals surface area contributed by atoms with E-state index in [1.165, 1.54) is 0 Å². The first-order valence-electron chi connectivity index (χ1n) is 33.7. The molecule has 0 aliphatic heterocycles. The molecule has 0 N–H and O–H groups in total. The molecular formula is C92H64Cl4N4O4. The van der Waals surface area contributed by atoms with E-state index >= 15 is 0 Å². The third-order valence-electron chi connectivity index (χ3n) is 17.8. The second-order valence-electron chi connectivity index (χ2n) is 25.2. The van der Waals surface area contributed by atoms with Crippen LogP contribution >= 0.6 is 46.4 Å². The van der Waals surface area contributed by atoms with Crippen LogP contribution in [0, 0.1) is 45.3 Å². The Kier molecular flexibility index (Phi) is 22.7. The topological polar surface area (TPSA) is 132 Å². The van der Waals surface area contributed by atoms with Crippen LogP contribution in [-0.2, 0) is 52.1 Å². The molecule has 12 aromatic rings. The van der Waals surface area contributed by atoms with E-state index in [-0.39, 0.29) is 52.1 Å². The number of fused-ring (bicyclic) bond motifs is 8. The second-order valence-corrected chi connectivity index (χ2v) is 26.9. The van der Waals surface area contributed by atoms with Crippen molar-refractivity contribution in [3.8, 4) is 47.3 Å². The van der Waals surface area contributed by atoms with Crippen molar-refractivity contribution in [2.24, 2.45) is 0 Å². The van der Waals surface area contributed by atoms with Gasteiger partial charge in [-0.15, -0.1) is 0 Å². The van der Waals surface area contributed by atoms with Gasteiger partial charge in [0.25, 0.3) is 0 Å². The Morgan fingerprint density at radius 1 is 0.260 bits per heavy atom. The van der Waals surface area contributed by atoms with Gasteiger partial charge in [0.2, 0.25) is 0 Å². The lowest BCUT2D eigenvalue weighted by Crippen LogP contribution is -2.11. The largest absolute Gasteiger partial charge is 0.488 e. The summed E-state index contributed by atoms with van der Waals surface area (Å²) in [4.78, 5) is 0. The summed E-state index contributed by atoms with van der Waals surface area (Å²) >= 11 is 25.9. The molecule has 0 aromatic heterocycles. The minimum absolute atomic E-state index is 0.130. The highest BCUT2D eigenvalue weighted by Gasteiger charge is 2.27. The lowest BCUT2D eigenvalue weighted by molar-refractivity contribution is 0.293. The van der Waals surface area contributed by atoms with Gasteiger partial charge in [-0.25, -0.2) is 0 Å². The highest BCUT2D eigenvalue weighted by molar-refractivity contribution is 6.31. The lowest BCUT2D eigenvalue weighted by atomic mass is 9.86. The maximum absolute atomic E-state index is 11.5. The van der Waals surface area contributed by atoms with Gasteiger partial charge in [-0.2, -0.15) is 21.0 Å². The van der Waals surface area contributed by atoms with E-state index in [9.17, 15) is 21.0 Å². The molecule has 0 saturated heterocycles. The molecule has 8 nitrogen and oxygen atoms in total. The van der Waals surface area contributed by atoms with Crippen LogP contribution in [0.15, 0.2) is 267 Å². The van der Waals surface area contributed by atoms with E-state index in [2.05, 4.69) is 24.3 Å². The number of hydrogen-bond donors (Lipinski definition) is 0. The van der Waals surface area contributed by atoms with E-state index in [4.69, 9.17) is 65.4 Å². The van der Waals surface area contributed by atoms with Crippen LogP contribution < -0.4 is 18.9 Å². The summed E-state index contributed by atoms with van der Waals surface area (Å²) in [5.41, 5.74) is 16.0. The van der Waals surface area contributed by atoms with Crippen LogP contribution in [0.2, 0.25) is 20.1 Å². The summed E-state index contributed by atoms with van der Waals surface area (Å²) in [6.45, 7) is 0.619. The fraction of sp³-hybridized carbons (Fsp3) is 0.0870. The molecule has 0 atom stereocenters. The molecule has 0 fully saturated rings. The summed E-state index contributed by atoms with van der Waals surface area (Å²) in [7, 11) is 0. The number of nitrogens with zero attached hydrogens (tertiary/aromatic N) is 4. The molecule has 0 saturated carbocycles. The van der Waals surface area contributed by atoms with Gasteiger partial charge in [0.1, 0.15) is 49.4 Å². The Morgan fingerprint density at radius 3 is 0.596 bits per heavy atom. The number of hydrogen-bond acceptors (Lipinski definition) is 8. The van der Waals surface area contributed by atoms with E-state index in [1.54, 1.807) is 48.5 Å². The van der Waals surface area contributed by atoms with Gasteiger partial charge in [-0.05, 0) is 233 Å². The smallest absolute Gasteiger partial charge is 0.126 e. The first-order valence-corrected chi connectivity index (χ1v) is 35.2. The molecular weight excluding hydrogens is 1370 g/mol. The molecule has 0 amide bonds. The Morgan fingerprint density at radius 2 is 0.433 bits per heavy atom. The first-order chi connectivity index (χ1) is 50.9. The highest BCUT2D eigenvalue weighted by atomic mass is 35.5. The third kappa shape index (κ3) is 17.8. The van der Waals surface area contributed by atoms with Crippen molar-refractivity contribution in [2.75, 3.05) is 0 Å². The molecule has 1 aliphatic rings. The zero-order valence-electron chi connectivity index (χ0n) is 56.3. The minimum atomic E-state index is 0.130. The van der Waals surface area contributed by atoms with Crippen molar-refractivity contribution in [3.63, 3.8) is 0 Å². The molecule has 504 valence electrons. The lowest BCUT2D eigenvalue weighted by Gasteiger charge is -2.25. The fourth-order valence-electron chi connectivity index (χ4n) is 12.8. The molecule has 0 unspecified atom stereocenters. The monoisotopic (exact) mass is 1430 g/mol. The maximum Gasteiger partial charge on any atom is 0.126 e. The zero-order chi connectivity index (χ0) is 71.7. The summed E-state index contributed by atoms with van der Waals surface area (Å²) in [5.74, 6) is 2.14. The molecule has 12 aromatic carbocycles. The van der Waals surface area contributed by atoms with Crippen LogP contribution in [0.1, 0.15) is 111 Å². The van der Waals surface area contributed by atoms with Crippen LogP contribution in [0.25, 0.3) is 46.6 Å². The molecule has 13 rings (SSSR count). The van der Waals surface area contributed by atoms with Gasteiger partial charge >= 0.3 is 0 Å². The standard InChI is InChI=1S/C92H64Cl4N4O4/c93-85-29-21-61(22-30-85)37-81(53-97)69-41-73-49-75-43-70(82(54-98)38-62-23-31-86(94)32-24-62)45-77(90(75)102-58-66-15-7-2-8-16-66)51-79-47-72(84(56-100)40-64-27-35-88(96)36-28-64)48-80(92(79)104-60-68-19-11-4-12-20-68)52-78-46-71(83(55-99)39-63-25-33-87(95)34-26-63)44-76(91(78)103-59-67-17-9-3-10-18-67)50-74(42-69)89(73)101-57-65-13-5-1-6-14-65/h1-48H,49-52,57-60H2/b81-37-,82-38+,83-39+,84-40+. The van der Waals surface area contributed by atoms with Crippen LogP contribution in [-0.4, -0.2) is 0 Å². The van der Waals surface area contributed by atoms with E-state index < -0.39 is 0 Å². The van der Waals surface area contributed by atoms with Crippen LogP contribution in [0.3, 0.4) is 0 Å². The van der Waals surface area contributed by atoms with Crippen molar-refractivity contribution in [3.05, 3.63) is 398 Å². The Bertz CT molecular complexity index is 4650. The number of nitriles is 4. The average Bonchev–Trinajstić information content (AvgIpc) is 0.763. The molecule has 0 heterocycles. The van der Waals surface area contributed by atoms with Crippen molar-refractivity contribution >= 4 is 93.0 Å². The molecule has 8 bridgehead atoms. The molecule has 1 aliphatic carbocycles. The Labute approximate surface area is 626 Å². The number of rotatable bonds is 20. The third-order valence-corrected chi connectivity index (χ3v) is 18.9. The van der Waals surface area contributed by atoms with Crippen molar-refractivity contribution in [2.45, 2.75) is 52.1 Å². The number of benzene rings is 12. The quantitative estimate of drug-likeness (QED) is 0.0544. The maximum atomic E-state index is 11.5. The normalized spacial score (nSPS) is 12.2. The highest BCUT2D eigenvalue weighted by Crippen LogP contribution is 2.45. The van der Waals surface area contributed by atoms with Gasteiger partial charge in [0, 0.05) is 45.8 Å². The number of allylic oxidation sites excluding steroid dienone is 4. The SMILES string of the molecule is N#C/C(=C\c1ccc(Cl)cc1)c1cc2c(OCc3ccccc3)c(c1)Cc1cc(/C(C#N)=C/c3ccc(Cl)cc3)cc(c1OCc1ccccc1)Cc1cc(/C(C#N)=C\c3ccc(Cl)cc3)cc(c1OCc1ccccc1)Cc1cc(/C(C#N)=C/c3ccc(Cl)cc3)cc(c1OCc1ccccc1)C2. The van der Waals surface area contributed by atoms with Gasteiger partial charge in [-0.3, -0.25) is 0 Å². The summed E-state index contributed by atoms with van der Waals surface area (Å²) < 4.78 is 29.4. The predicted molar refractivity (Wildman–Crippen MR) is 420 cm³/mol. The molecule has 0 spiro atoms. The Hall–Kier alpha value is -12.1. The van der Waals surface area contributed by atoms with Crippen molar-refractivity contribution in [1.82, 2.24) is 0 Å². The summed E-state index contributed by atoms with van der Waals surface area (Å²) in [5, 5.41) is 48.3. The fourth-order valence-corrected chi connectivity index (χ4v) is 13.3. The summed E-state index contributed by atoms with van der Waals surface area (Å²) in [6, 6.07) is 95.5. The van der Waals surface area contributed by atoms with Gasteiger partial charge in [0.15, 0.2) is 0 Å². The minimum Gasteiger partial charge on any atom is -0.488 e. The van der Waals surface area contributed by atoms with Crippen molar-refractivity contribution < 1.29 is 18.9 Å². The summed E-state index contributed by atoms with van der Waals surface area (Å²) in [6.07, 6.45) is 7.91. The Balaban J connectivity index is 1.17. The average molecular weight is 1430 g/mol. The molecule has 104 heavy (non-hydrogen) atoms. The van der Waals surface area contributed by atoms with Crippen molar-refractivity contribution in [1.29, 1.82) is 21.0 Å². The number of ether oxygens (including phenoxy) is 4. The van der Waals surface area contributed by atoms with E-state index in [1.807, 2.05) is 243 Å². The van der Waals surface area contributed by atoms with Crippen LogP contribution in [0.4, 0.5) is 0 Å². The predicted octanol–water partition coefficient (Wildman–Crippen LogP) is 23.5. The van der Waals surface area contributed by atoms with Gasteiger partial charge < -0.3 is 18.9 Å². The van der Waals surface area contributed by atoms with Crippen LogP contribution in [0.5, 0.6) is 23.0 Å². The van der Waals surface area contributed by atoms with E-state index in [0.29, 0.717) is 132 Å². The molecule has 12 heteroatoms. The second kappa shape index (κ2) is 33.6. The van der Waals surface area contributed by atoms with Gasteiger partial charge in [-0.1, -0.05) is 216 Å². The zero-order valence-corrected chi connectivity index (χ0v) is 59.3. The van der Waals surface area contributed by atoms with E-state index in [0.717, 1.165) is 44.5 Å². The molecule has 0 radical (unpaired) electrons.